The number of benzene rings is 2. The van der Waals surface area contributed by atoms with Gasteiger partial charge in [-0.3, -0.25) is 29.4 Å². The largest absolute Gasteiger partial charge is 0.353 e. The van der Waals surface area contributed by atoms with Gasteiger partial charge in [-0.1, -0.05) is 24.3 Å². The van der Waals surface area contributed by atoms with Crippen LogP contribution >= 0.6 is 0 Å². The number of nitro groups is 1. The quantitative estimate of drug-likeness (QED) is 0.506. The first-order valence-electron chi connectivity index (χ1n) is 12.2. The minimum absolute atomic E-state index is 0.0923. The minimum atomic E-state index is -1.01. The van der Waals surface area contributed by atoms with Crippen molar-refractivity contribution < 1.29 is 24.0 Å². The number of non-ortho nitro benzene ring substituents is 1. The van der Waals surface area contributed by atoms with Crippen LogP contribution in [0.4, 0.5) is 5.69 Å². The fourth-order valence-electron chi connectivity index (χ4n) is 5.03. The molecule has 0 aromatic heterocycles. The summed E-state index contributed by atoms with van der Waals surface area (Å²) in [6.07, 6.45) is 2.53. The normalized spacial score (nSPS) is 20.9. The lowest BCUT2D eigenvalue weighted by molar-refractivity contribution is -0.384. The molecule has 1 saturated carbocycles. The number of ether oxygens (including phenoxy) is 1. The van der Waals surface area contributed by atoms with Crippen molar-refractivity contribution in [1.29, 1.82) is 0 Å². The zero-order chi connectivity index (χ0) is 25.4. The highest BCUT2D eigenvalue weighted by Gasteiger charge is 2.54. The Labute approximate surface area is 208 Å². The Morgan fingerprint density at radius 3 is 2.44 bits per heavy atom. The molecule has 10 heteroatoms. The topological polar surface area (TPSA) is 122 Å². The summed E-state index contributed by atoms with van der Waals surface area (Å²) < 4.78 is 6.21. The monoisotopic (exact) mass is 492 g/mol. The Kier molecular flexibility index (Phi) is 6.21. The van der Waals surface area contributed by atoms with Gasteiger partial charge in [0.15, 0.2) is 0 Å². The van der Waals surface area contributed by atoms with Crippen LogP contribution in [0.25, 0.3) is 0 Å². The summed E-state index contributed by atoms with van der Waals surface area (Å²) in [6, 6.07) is 12.3. The van der Waals surface area contributed by atoms with Crippen LogP contribution in [0.5, 0.6) is 0 Å². The standard InChI is InChI=1S/C26H28N4O6/c1-17-5-2-3-8-21(17)25(33)29-22(23(31)27-19-9-10-19)16-36-26(29)11-13-28(14-12-26)24(32)18-6-4-7-20(15-18)30(34)35/h2-8,15,19,22H,9-14,16H2,1H3,(H,27,31). The molecule has 1 aliphatic carbocycles. The molecule has 5 rings (SSSR count). The first kappa shape index (κ1) is 23.9. The summed E-state index contributed by atoms with van der Waals surface area (Å²) in [5.41, 5.74) is 0.408. The first-order chi connectivity index (χ1) is 17.3. The average molecular weight is 493 g/mol. The van der Waals surface area contributed by atoms with Crippen molar-refractivity contribution in [3.05, 3.63) is 75.3 Å². The molecule has 0 bridgehead atoms. The van der Waals surface area contributed by atoms with Crippen LogP contribution in [0.3, 0.4) is 0 Å². The number of piperidine rings is 1. The van der Waals surface area contributed by atoms with E-state index in [2.05, 4.69) is 5.32 Å². The number of nitrogens with zero attached hydrogens (tertiary/aromatic N) is 3. The van der Waals surface area contributed by atoms with Crippen LogP contribution in [-0.2, 0) is 9.53 Å². The number of likely N-dealkylation sites (tertiary alicyclic amines) is 1. The Morgan fingerprint density at radius 1 is 1.06 bits per heavy atom. The van der Waals surface area contributed by atoms with Crippen molar-refractivity contribution in [2.24, 2.45) is 0 Å². The zero-order valence-corrected chi connectivity index (χ0v) is 20.0. The first-order valence-corrected chi connectivity index (χ1v) is 12.2. The van der Waals surface area contributed by atoms with Gasteiger partial charge in [-0.15, -0.1) is 0 Å². The number of aryl methyl sites for hydroxylation is 1. The molecule has 1 unspecified atom stereocenters. The van der Waals surface area contributed by atoms with E-state index in [1.807, 2.05) is 19.1 Å². The lowest BCUT2D eigenvalue weighted by atomic mass is 9.95. The lowest BCUT2D eigenvalue weighted by Crippen LogP contribution is -2.60. The number of nitro benzene ring substituents is 1. The smallest absolute Gasteiger partial charge is 0.270 e. The van der Waals surface area contributed by atoms with Gasteiger partial charge in [0.25, 0.3) is 17.5 Å². The number of carbonyl (C=O) groups is 3. The highest BCUT2D eigenvalue weighted by atomic mass is 16.6. The van der Waals surface area contributed by atoms with E-state index in [9.17, 15) is 24.5 Å². The molecular weight excluding hydrogens is 464 g/mol. The SMILES string of the molecule is Cc1ccccc1C(=O)N1C(C(=O)NC2CC2)COC12CCN(C(=O)c1cccc([N+](=O)[O-])c1)CC2. The Bertz CT molecular complexity index is 1220. The van der Waals surface area contributed by atoms with Crippen LogP contribution in [0, 0.1) is 17.0 Å². The van der Waals surface area contributed by atoms with Gasteiger partial charge >= 0.3 is 0 Å². The van der Waals surface area contributed by atoms with Gasteiger partial charge in [0.1, 0.15) is 11.8 Å². The van der Waals surface area contributed by atoms with Crippen LogP contribution in [0.2, 0.25) is 0 Å². The molecule has 0 radical (unpaired) electrons. The maximum Gasteiger partial charge on any atom is 0.270 e. The van der Waals surface area contributed by atoms with Gasteiger partial charge < -0.3 is 15.0 Å². The van der Waals surface area contributed by atoms with Crippen LogP contribution in [-0.4, -0.2) is 69.9 Å². The summed E-state index contributed by atoms with van der Waals surface area (Å²) in [5, 5.41) is 14.1. The van der Waals surface area contributed by atoms with Gasteiger partial charge in [-0.05, 0) is 37.5 Å². The number of nitrogens with one attached hydrogen (secondary N) is 1. The summed E-state index contributed by atoms with van der Waals surface area (Å²) >= 11 is 0. The fourth-order valence-corrected chi connectivity index (χ4v) is 5.03. The van der Waals surface area contributed by atoms with Gasteiger partial charge in [-0.25, -0.2) is 0 Å². The number of hydrogen-bond acceptors (Lipinski definition) is 6. The van der Waals surface area contributed by atoms with E-state index in [1.54, 1.807) is 28.0 Å². The molecule has 2 aromatic rings. The van der Waals surface area contributed by atoms with Gasteiger partial charge in [0.2, 0.25) is 5.91 Å². The molecule has 1 spiro atoms. The summed E-state index contributed by atoms with van der Waals surface area (Å²) in [4.78, 5) is 53.8. The average Bonchev–Trinajstić information content (AvgIpc) is 3.63. The minimum Gasteiger partial charge on any atom is -0.353 e. The molecule has 2 saturated heterocycles. The molecule has 188 valence electrons. The van der Waals surface area contributed by atoms with E-state index in [-0.39, 0.29) is 54.7 Å². The van der Waals surface area contributed by atoms with E-state index in [1.165, 1.54) is 18.2 Å². The molecule has 3 fully saturated rings. The molecule has 36 heavy (non-hydrogen) atoms. The fraction of sp³-hybridized carbons (Fsp3) is 0.423. The molecule has 3 aliphatic rings. The Hall–Kier alpha value is -3.79. The van der Waals surface area contributed by atoms with E-state index in [0.29, 0.717) is 18.4 Å². The number of amides is 3. The number of rotatable bonds is 5. The highest BCUT2D eigenvalue weighted by Crippen LogP contribution is 2.39. The predicted molar refractivity (Wildman–Crippen MR) is 129 cm³/mol. The molecule has 2 aromatic carbocycles. The van der Waals surface area contributed by atoms with Gasteiger partial charge in [0.05, 0.1) is 11.5 Å². The molecular formula is C26H28N4O6. The summed E-state index contributed by atoms with van der Waals surface area (Å²) in [7, 11) is 0. The number of hydrogen-bond donors (Lipinski definition) is 1. The predicted octanol–water partition coefficient (Wildman–Crippen LogP) is 2.66. The van der Waals surface area contributed by atoms with Crippen molar-refractivity contribution in [1.82, 2.24) is 15.1 Å². The van der Waals surface area contributed by atoms with E-state index in [4.69, 9.17) is 4.74 Å². The van der Waals surface area contributed by atoms with Crippen molar-refractivity contribution in [3.8, 4) is 0 Å². The summed E-state index contributed by atoms with van der Waals surface area (Å²) in [6.45, 7) is 2.53. The second-order valence-corrected chi connectivity index (χ2v) is 9.65. The lowest BCUT2D eigenvalue weighted by Gasteiger charge is -2.44. The van der Waals surface area contributed by atoms with Crippen molar-refractivity contribution in [3.63, 3.8) is 0 Å². The van der Waals surface area contributed by atoms with E-state index < -0.39 is 16.7 Å². The third-order valence-electron chi connectivity index (χ3n) is 7.22. The zero-order valence-electron chi connectivity index (χ0n) is 20.0. The molecule has 3 amide bonds. The van der Waals surface area contributed by atoms with Gasteiger partial charge in [-0.2, -0.15) is 0 Å². The van der Waals surface area contributed by atoms with Crippen LogP contribution in [0.15, 0.2) is 48.5 Å². The van der Waals surface area contributed by atoms with E-state index in [0.717, 1.165) is 18.4 Å². The Morgan fingerprint density at radius 2 is 1.78 bits per heavy atom. The molecule has 10 nitrogen and oxygen atoms in total. The summed E-state index contributed by atoms with van der Waals surface area (Å²) in [5.74, 6) is -0.794. The molecule has 1 atom stereocenters. The Balaban J connectivity index is 1.38. The molecule has 1 N–H and O–H groups in total. The van der Waals surface area contributed by atoms with Crippen molar-refractivity contribution in [2.75, 3.05) is 19.7 Å². The maximum absolute atomic E-state index is 13.8. The third-order valence-corrected chi connectivity index (χ3v) is 7.22. The van der Waals surface area contributed by atoms with E-state index >= 15 is 0 Å². The van der Waals surface area contributed by atoms with Crippen molar-refractivity contribution >= 4 is 23.4 Å². The van der Waals surface area contributed by atoms with Gasteiger partial charge in [0, 0.05) is 55.2 Å². The maximum atomic E-state index is 13.8. The molecule has 2 heterocycles. The van der Waals surface area contributed by atoms with Crippen LogP contribution in [0.1, 0.15) is 52.0 Å². The van der Waals surface area contributed by atoms with Crippen molar-refractivity contribution in [2.45, 2.75) is 50.4 Å². The number of carbonyl (C=O) groups excluding carboxylic acids is 3. The second-order valence-electron chi connectivity index (χ2n) is 9.65. The third kappa shape index (κ3) is 4.44. The van der Waals surface area contributed by atoms with Crippen LogP contribution < -0.4 is 5.32 Å². The second kappa shape index (κ2) is 9.34. The highest BCUT2D eigenvalue weighted by molar-refractivity contribution is 5.99. The molecule has 2 aliphatic heterocycles.